The van der Waals surface area contributed by atoms with Crippen LogP contribution in [0.25, 0.3) is 21.7 Å². The van der Waals surface area contributed by atoms with E-state index in [2.05, 4.69) is 5.32 Å². The van der Waals surface area contributed by atoms with E-state index in [0.717, 1.165) is 16.3 Å². The first-order valence-electron chi connectivity index (χ1n) is 11.6. The number of carbonyl (C=O) groups excluding carboxylic acids is 2. The van der Waals surface area contributed by atoms with Crippen LogP contribution in [0.2, 0.25) is 5.02 Å². The van der Waals surface area contributed by atoms with Crippen LogP contribution >= 0.6 is 11.6 Å². The summed E-state index contributed by atoms with van der Waals surface area (Å²) in [7, 11) is 1.52. The number of anilines is 1. The standard InChI is InChI=1S/C30H23ClN2O4/c1-18-13-26-24(15-27(18)37-2)30(36)25(29(35)21-8-7-19-5-3-4-6-20(19)14-21)16-33(26)17-28(34)32-23-11-9-22(31)10-12-23/h3-16H,17H2,1-2H3,(H,32,34). The van der Waals surface area contributed by atoms with Gasteiger partial charge in [-0.25, -0.2) is 0 Å². The van der Waals surface area contributed by atoms with Crippen LogP contribution < -0.4 is 15.5 Å². The number of ether oxygens (including phenoxy) is 1. The predicted octanol–water partition coefficient (Wildman–Crippen LogP) is 5.99. The summed E-state index contributed by atoms with van der Waals surface area (Å²) < 4.78 is 7.06. The number of aryl methyl sites for hydroxylation is 1. The number of amides is 1. The van der Waals surface area contributed by atoms with Crippen molar-refractivity contribution in [1.82, 2.24) is 4.57 Å². The topological polar surface area (TPSA) is 77.4 Å². The Hall–Kier alpha value is -4.42. The second-order valence-corrected chi connectivity index (χ2v) is 9.22. The van der Waals surface area contributed by atoms with Crippen molar-refractivity contribution in [3.05, 3.63) is 117 Å². The molecule has 0 saturated heterocycles. The lowest BCUT2D eigenvalue weighted by Gasteiger charge is -2.15. The molecule has 0 unspecified atom stereocenters. The van der Waals surface area contributed by atoms with Crippen LogP contribution in [0.5, 0.6) is 5.75 Å². The van der Waals surface area contributed by atoms with Gasteiger partial charge in [0.2, 0.25) is 11.3 Å². The zero-order valence-corrected chi connectivity index (χ0v) is 21.0. The summed E-state index contributed by atoms with van der Waals surface area (Å²) in [6.45, 7) is 1.75. The molecule has 0 bridgehead atoms. The molecule has 37 heavy (non-hydrogen) atoms. The Balaban J connectivity index is 1.60. The predicted molar refractivity (Wildman–Crippen MR) is 147 cm³/mol. The summed E-state index contributed by atoms with van der Waals surface area (Å²) in [6.07, 6.45) is 1.47. The van der Waals surface area contributed by atoms with E-state index < -0.39 is 11.2 Å². The summed E-state index contributed by atoms with van der Waals surface area (Å²) in [5, 5.41) is 5.58. The van der Waals surface area contributed by atoms with E-state index in [1.165, 1.54) is 13.3 Å². The van der Waals surface area contributed by atoms with Crippen molar-refractivity contribution in [1.29, 1.82) is 0 Å². The number of rotatable bonds is 6. The van der Waals surface area contributed by atoms with Gasteiger partial charge in [-0.2, -0.15) is 0 Å². The van der Waals surface area contributed by atoms with Crippen LogP contribution in [0.3, 0.4) is 0 Å². The molecule has 6 nitrogen and oxygen atoms in total. The number of carbonyl (C=O) groups is 2. The summed E-state index contributed by atoms with van der Waals surface area (Å²) in [5.41, 5.74) is 1.88. The average molecular weight is 511 g/mol. The SMILES string of the molecule is COc1cc2c(=O)c(C(=O)c3ccc4ccccc4c3)cn(CC(=O)Nc3ccc(Cl)cc3)c2cc1C. The number of methoxy groups -OCH3 is 1. The highest BCUT2D eigenvalue weighted by Crippen LogP contribution is 2.25. The third-order valence-electron chi connectivity index (χ3n) is 6.30. The molecule has 1 amide bonds. The molecule has 5 aromatic rings. The van der Waals surface area contributed by atoms with Gasteiger partial charge in [-0.15, -0.1) is 0 Å². The van der Waals surface area contributed by atoms with Crippen LogP contribution in [-0.2, 0) is 11.3 Å². The zero-order valence-electron chi connectivity index (χ0n) is 20.2. The second-order valence-electron chi connectivity index (χ2n) is 8.78. The Morgan fingerprint density at radius 2 is 1.68 bits per heavy atom. The minimum Gasteiger partial charge on any atom is -0.496 e. The monoisotopic (exact) mass is 510 g/mol. The Bertz CT molecular complexity index is 1740. The summed E-state index contributed by atoms with van der Waals surface area (Å²) >= 11 is 5.94. The van der Waals surface area contributed by atoms with Crippen molar-refractivity contribution >= 4 is 50.7 Å². The van der Waals surface area contributed by atoms with Gasteiger partial charge in [0.1, 0.15) is 12.3 Å². The first kappa shape index (κ1) is 24.3. The minimum atomic E-state index is -0.416. The maximum Gasteiger partial charge on any atom is 0.244 e. The van der Waals surface area contributed by atoms with Gasteiger partial charge in [0.15, 0.2) is 5.78 Å². The average Bonchev–Trinajstić information content (AvgIpc) is 2.90. The molecule has 4 aromatic carbocycles. The highest BCUT2D eigenvalue weighted by atomic mass is 35.5. The molecule has 7 heteroatoms. The summed E-state index contributed by atoms with van der Waals surface area (Å²) in [4.78, 5) is 40.1. The largest absolute Gasteiger partial charge is 0.496 e. The number of hydrogen-bond acceptors (Lipinski definition) is 4. The molecule has 0 radical (unpaired) electrons. The highest BCUT2D eigenvalue weighted by Gasteiger charge is 2.20. The fourth-order valence-corrected chi connectivity index (χ4v) is 4.53. The van der Waals surface area contributed by atoms with E-state index in [-0.39, 0.29) is 18.0 Å². The molecular formula is C30H23ClN2O4. The lowest BCUT2D eigenvalue weighted by atomic mass is 9.99. The van der Waals surface area contributed by atoms with Gasteiger partial charge < -0.3 is 14.6 Å². The van der Waals surface area contributed by atoms with Gasteiger partial charge in [0.25, 0.3) is 0 Å². The van der Waals surface area contributed by atoms with Crippen LogP contribution in [-0.4, -0.2) is 23.4 Å². The Morgan fingerprint density at radius 1 is 0.946 bits per heavy atom. The minimum absolute atomic E-state index is 0.0204. The quantitative estimate of drug-likeness (QED) is 0.284. The maximum atomic E-state index is 13.6. The number of hydrogen-bond donors (Lipinski definition) is 1. The molecule has 0 spiro atoms. The molecule has 0 saturated carbocycles. The first-order valence-corrected chi connectivity index (χ1v) is 12.0. The normalized spacial score (nSPS) is 11.0. The number of nitrogens with zero attached hydrogens (tertiary/aromatic N) is 1. The van der Waals surface area contributed by atoms with Crippen molar-refractivity contribution in [2.75, 3.05) is 12.4 Å². The fraction of sp³-hybridized carbons (Fsp3) is 0.100. The molecule has 0 aliphatic carbocycles. The van der Waals surface area contributed by atoms with Crippen LogP contribution in [0.1, 0.15) is 21.5 Å². The Kier molecular flexibility index (Phi) is 6.51. The molecule has 184 valence electrons. The van der Waals surface area contributed by atoms with E-state index in [9.17, 15) is 14.4 Å². The third-order valence-corrected chi connectivity index (χ3v) is 6.55. The van der Waals surface area contributed by atoms with Gasteiger partial charge in [0, 0.05) is 22.5 Å². The number of fused-ring (bicyclic) bond motifs is 2. The number of halogens is 1. The third kappa shape index (κ3) is 4.84. The van der Waals surface area contributed by atoms with Gasteiger partial charge >= 0.3 is 0 Å². The van der Waals surface area contributed by atoms with E-state index in [1.807, 2.05) is 37.3 Å². The number of ketones is 1. The maximum absolute atomic E-state index is 13.6. The van der Waals surface area contributed by atoms with Crippen LogP contribution in [0, 0.1) is 6.92 Å². The Morgan fingerprint density at radius 3 is 2.41 bits per heavy atom. The lowest BCUT2D eigenvalue weighted by Crippen LogP contribution is -2.24. The smallest absolute Gasteiger partial charge is 0.244 e. The number of benzene rings is 4. The molecular weight excluding hydrogens is 488 g/mol. The molecule has 0 aliphatic rings. The van der Waals surface area contributed by atoms with Gasteiger partial charge in [-0.3, -0.25) is 14.4 Å². The number of aromatic nitrogens is 1. The van der Waals surface area contributed by atoms with E-state index in [0.29, 0.717) is 32.9 Å². The van der Waals surface area contributed by atoms with E-state index >= 15 is 0 Å². The molecule has 0 atom stereocenters. The summed E-state index contributed by atoms with van der Waals surface area (Å²) in [5.74, 6) is -0.203. The highest BCUT2D eigenvalue weighted by molar-refractivity contribution is 6.30. The van der Waals surface area contributed by atoms with Crippen molar-refractivity contribution in [3.8, 4) is 5.75 Å². The molecule has 1 heterocycles. The van der Waals surface area contributed by atoms with E-state index in [4.69, 9.17) is 16.3 Å². The van der Waals surface area contributed by atoms with E-state index in [1.54, 1.807) is 53.1 Å². The number of nitrogens with one attached hydrogen (secondary N) is 1. The van der Waals surface area contributed by atoms with Crippen LogP contribution in [0.15, 0.2) is 89.9 Å². The molecule has 1 aromatic heterocycles. The van der Waals surface area contributed by atoms with Crippen LogP contribution in [0.4, 0.5) is 5.69 Å². The van der Waals surface area contributed by atoms with Crippen molar-refractivity contribution in [2.24, 2.45) is 0 Å². The van der Waals surface area contributed by atoms with Gasteiger partial charge in [-0.1, -0.05) is 48.0 Å². The molecule has 1 N–H and O–H groups in total. The van der Waals surface area contributed by atoms with Crippen molar-refractivity contribution < 1.29 is 14.3 Å². The first-order chi connectivity index (χ1) is 17.8. The number of pyridine rings is 1. The fourth-order valence-electron chi connectivity index (χ4n) is 4.41. The molecule has 0 aliphatic heterocycles. The second kappa shape index (κ2) is 9.91. The van der Waals surface area contributed by atoms with Gasteiger partial charge in [0.05, 0.1) is 23.6 Å². The lowest BCUT2D eigenvalue weighted by molar-refractivity contribution is -0.116. The zero-order chi connectivity index (χ0) is 26.1. The summed E-state index contributed by atoms with van der Waals surface area (Å²) in [6, 6.07) is 23.2. The van der Waals surface area contributed by atoms with Crippen molar-refractivity contribution in [3.63, 3.8) is 0 Å². The van der Waals surface area contributed by atoms with Gasteiger partial charge in [-0.05, 0) is 65.7 Å². The Labute approximate surface area is 218 Å². The molecule has 5 rings (SSSR count). The molecule has 0 fully saturated rings. The van der Waals surface area contributed by atoms with Crippen molar-refractivity contribution in [2.45, 2.75) is 13.5 Å².